The molecule has 0 nitrogen and oxygen atoms in total. The second-order valence-corrected chi connectivity index (χ2v) is 4.99. The minimum atomic E-state index is -4.84. The molecule has 0 aliphatic rings. The normalized spacial score (nSPS) is 12.0. The molecular weight excluding hydrogens is 334 g/mol. The van der Waals surface area contributed by atoms with Gasteiger partial charge in [-0.1, -0.05) is 41.4 Å². The second kappa shape index (κ2) is 5.81. The maximum Gasteiger partial charge on any atom is 0.416 e. The summed E-state index contributed by atoms with van der Waals surface area (Å²) in [6, 6.07) is 7.01. The van der Waals surface area contributed by atoms with E-state index in [0.29, 0.717) is 11.6 Å². The Kier molecular flexibility index (Phi) is 4.44. The standard InChI is InChI=1S/C14H7Cl2F5/c15-11-3-1-2-8(12(11)16)7-4-5-10(14(19,20)21)9(6-7)13(17)18/h1-6,13H. The maximum absolute atomic E-state index is 12.9. The van der Waals surface area contributed by atoms with Gasteiger partial charge in [0, 0.05) is 11.1 Å². The van der Waals surface area contributed by atoms with Crippen molar-refractivity contribution in [2.45, 2.75) is 12.6 Å². The molecule has 0 unspecified atom stereocenters. The minimum Gasteiger partial charge on any atom is -0.205 e. The molecule has 21 heavy (non-hydrogen) atoms. The van der Waals surface area contributed by atoms with Gasteiger partial charge in [-0.05, 0) is 23.8 Å². The summed E-state index contributed by atoms with van der Waals surface area (Å²) in [6.45, 7) is 0. The predicted molar refractivity (Wildman–Crippen MR) is 71.9 cm³/mol. The van der Waals surface area contributed by atoms with E-state index < -0.39 is 23.7 Å². The zero-order chi connectivity index (χ0) is 15.8. The average Bonchev–Trinajstić information content (AvgIpc) is 2.40. The summed E-state index contributed by atoms with van der Waals surface area (Å²) in [5.41, 5.74) is -2.01. The molecule has 0 amide bonds. The first kappa shape index (κ1) is 16.0. The Hall–Kier alpha value is -1.33. The lowest BCUT2D eigenvalue weighted by Gasteiger charge is -2.14. The highest BCUT2D eigenvalue weighted by Crippen LogP contribution is 2.40. The highest BCUT2D eigenvalue weighted by Gasteiger charge is 2.35. The summed E-state index contributed by atoms with van der Waals surface area (Å²) >= 11 is 11.8. The van der Waals surface area contributed by atoms with Gasteiger partial charge >= 0.3 is 6.18 Å². The number of halogens is 7. The van der Waals surface area contributed by atoms with E-state index in [4.69, 9.17) is 23.2 Å². The van der Waals surface area contributed by atoms with Crippen molar-refractivity contribution in [3.8, 4) is 11.1 Å². The molecular formula is C14H7Cl2F5. The SMILES string of the molecule is FC(F)c1cc(-c2cccc(Cl)c2Cl)ccc1C(F)(F)F. The van der Waals surface area contributed by atoms with Crippen LogP contribution in [-0.2, 0) is 6.18 Å². The van der Waals surface area contributed by atoms with Gasteiger partial charge in [-0.2, -0.15) is 13.2 Å². The van der Waals surface area contributed by atoms with Crippen molar-refractivity contribution in [2.75, 3.05) is 0 Å². The lowest BCUT2D eigenvalue weighted by Crippen LogP contribution is -2.09. The molecule has 0 saturated heterocycles. The number of rotatable bonds is 2. The van der Waals surface area contributed by atoms with Crippen LogP contribution >= 0.6 is 23.2 Å². The Bertz CT molecular complexity index is 665. The zero-order valence-electron chi connectivity index (χ0n) is 10.2. The first-order valence-electron chi connectivity index (χ1n) is 5.65. The lowest BCUT2D eigenvalue weighted by atomic mass is 9.99. The molecule has 0 radical (unpaired) electrons. The zero-order valence-corrected chi connectivity index (χ0v) is 11.7. The van der Waals surface area contributed by atoms with Crippen LogP contribution in [0.2, 0.25) is 10.0 Å². The summed E-state index contributed by atoms with van der Waals surface area (Å²) in [6.07, 6.45) is -8.10. The van der Waals surface area contributed by atoms with Crippen molar-refractivity contribution in [2.24, 2.45) is 0 Å². The molecule has 0 saturated carbocycles. The maximum atomic E-state index is 12.9. The van der Waals surface area contributed by atoms with E-state index in [2.05, 4.69) is 0 Å². The van der Waals surface area contributed by atoms with Crippen LogP contribution in [0.4, 0.5) is 22.0 Å². The van der Waals surface area contributed by atoms with Gasteiger partial charge in [-0.3, -0.25) is 0 Å². The van der Waals surface area contributed by atoms with Gasteiger partial charge < -0.3 is 0 Å². The Morgan fingerprint density at radius 3 is 2.19 bits per heavy atom. The first-order valence-corrected chi connectivity index (χ1v) is 6.41. The van der Waals surface area contributed by atoms with E-state index in [1.54, 1.807) is 0 Å². The van der Waals surface area contributed by atoms with Crippen LogP contribution < -0.4 is 0 Å². The fourth-order valence-electron chi connectivity index (χ4n) is 1.90. The third-order valence-corrected chi connectivity index (χ3v) is 3.67. The summed E-state index contributed by atoms with van der Waals surface area (Å²) in [4.78, 5) is 0. The second-order valence-electron chi connectivity index (χ2n) is 4.20. The van der Waals surface area contributed by atoms with Crippen LogP contribution in [0.3, 0.4) is 0 Å². The topological polar surface area (TPSA) is 0 Å². The lowest BCUT2D eigenvalue weighted by molar-refractivity contribution is -0.139. The van der Waals surface area contributed by atoms with Crippen LogP contribution in [-0.4, -0.2) is 0 Å². The molecule has 0 spiro atoms. The van der Waals surface area contributed by atoms with Gasteiger partial charge in [-0.15, -0.1) is 0 Å². The molecule has 0 fully saturated rings. The van der Waals surface area contributed by atoms with Gasteiger partial charge in [-0.25, -0.2) is 8.78 Å². The van der Waals surface area contributed by atoms with Crippen LogP contribution in [0.1, 0.15) is 17.6 Å². The molecule has 0 aromatic heterocycles. The molecule has 0 N–H and O–H groups in total. The minimum absolute atomic E-state index is 0.0964. The Morgan fingerprint density at radius 1 is 0.952 bits per heavy atom. The summed E-state index contributed by atoms with van der Waals surface area (Å²) in [5.74, 6) is 0. The van der Waals surface area contributed by atoms with Gasteiger partial charge in [0.1, 0.15) is 0 Å². The summed E-state index contributed by atoms with van der Waals surface area (Å²) < 4.78 is 63.9. The molecule has 2 aromatic rings. The van der Waals surface area contributed by atoms with E-state index in [9.17, 15) is 22.0 Å². The fraction of sp³-hybridized carbons (Fsp3) is 0.143. The smallest absolute Gasteiger partial charge is 0.205 e. The number of hydrogen-bond donors (Lipinski definition) is 0. The Balaban J connectivity index is 2.63. The molecule has 0 heterocycles. The Labute approximate surface area is 127 Å². The van der Waals surface area contributed by atoms with Crippen molar-refractivity contribution in [3.05, 3.63) is 57.6 Å². The highest BCUT2D eigenvalue weighted by molar-refractivity contribution is 6.43. The van der Waals surface area contributed by atoms with E-state index >= 15 is 0 Å². The Morgan fingerprint density at radius 2 is 1.62 bits per heavy atom. The molecule has 7 heteroatoms. The molecule has 112 valence electrons. The quantitative estimate of drug-likeness (QED) is 0.539. The monoisotopic (exact) mass is 340 g/mol. The van der Waals surface area contributed by atoms with Crippen molar-refractivity contribution in [1.82, 2.24) is 0 Å². The van der Waals surface area contributed by atoms with Gasteiger partial charge in [0.2, 0.25) is 0 Å². The van der Waals surface area contributed by atoms with E-state index in [1.807, 2.05) is 0 Å². The van der Waals surface area contributed by atoms with Gasteiger partial charge in [0.05, 0.1) is 15.6 Å². The van der Waals surface area contributed by atoms with Gasteiger partial charge in [0.25, 0.3) is 6.43 Å². The highest BCUT2D eigenvalue weighted by atomic mass is 35.5. The molecule has 0 aliphatic heterocycles. The number of benzene rings is 2. The van der Waals surface area contributed by atoms with Crippen LogP contribution in [0.15, 0.2) is 36.4 Å². The summed E-state index contributed by atoms with van der Waals surface area (Å²) in [7, 11) is 0. The summed E-state index contributed by atoms with van der Waals surface area (Å²) in [5, 5.41) is 0.284. The fourth-order valence-corrected chi connectivity index (χ4v) is 2.31. The molecule has 0 atom stereocenters. The van der Waals surface area contributed by atoms with E-state index in [-0.39, 0.29) is 15.6 Å². The number of hydrogen-bond acceptors (Lipinski definition) is 0. The van der Waals surface area contributed by atoms with E-state index in [1.165, 1.54) is 18.2 Å². The van der Waals surface area contributed by atoms with Crippen molar-refractivity contribution in [3.63, 3.8) is 0 Å². The average molecular weight is 341 g/mol. The molecule has 0 bridgehead atoms. The number of alkyl halides is 5. The van der Waals surface area contributed by atoms with Gasteiger partial charge in [0.15, 0.2) is 0 Å². The largest absolute Gasteiger partial charge is 0.416 e. The first-order chi connectivity index (χ1) is 9.71. The predicted octanol–water partition coefficient (Wildman–Crippen LogP) is 6.62. The van der Waals surface area contributed by atoms with Crippen LogP contribution in [0, 0.1) is 0 Å². The van der Waals surface area contributed by atoms with E-state index in [0.717, 1.165) is 12.1 Å². The van der Waals surface area contributed by atoms with Crippen LogP contribution in [0.5, 0.6) is 0 Å². The molecule has 0 aliphatic carbocycles. The third kappa shape index (κ3) is 3.30. The molecule has 2 rings (SSSR count). The van der Waals surface area contributed by atoms with Crippen molar-refractivity contribution in [1.29, 1.82) is 0 Å². The van der Waals surface area contributed by atoms with Crippen molar-refractivity contribution >= 4 is 23.2 Å². The third-order valence-electron chi connectivity index (χ3n) is 2.85. The molecule has 2 aromatic carbocycles. The van der Waals surface area contributed by atoms with Crippen LogP contribution in [0.25, 0.3) is 11.1 Å². The van der Waals surface area contributed by atoms with Crippen molar-refractivity contribution < 1.29 is 22.0 Å².